The molecule has 2 aliphatic rings. The van der Waals surface area contributed by atoms with E-state index in [2.05, 4.69) is 26.9 Å². The molecule has 2 aromatic carbocycles. The van der Waals surface area contributed by atoms with Crippen LogP contribution in [-0.4, -0.2) is 106 Å². The number of nitrogens with zero attached hydrogens (tertiary/aromatic N) is 8. The van der Waals surface area contributed by atoms with Crippen LogP contribution >= 0.6 is 0 Å². The van der Waals surface area contributed by atoms with Crippen molar-refractivity contribution in [2.24, 2.45) is 7.05 Å². The minimum absolute atomic E-state index is 0.0875. The van der Waals surface area contributed by atoms with E-state index in [9.17, 15) is 19.6 Å². The van der Waals surface area contributed by atoms with E-state index in [1.54, 1.807) is 47.6 Å². The van der Waals surface area contributed by atoms with Crippen molar-refractivity contribution in [2.45, 2.75) is 56.5 Å². The molecule has 0 radical (unpaired) electrons. The van der Waals surface area contributed by atoms with Gasteiger partial charge in [0.05, 0.1) is 18.0 Å². The van der Waals surface area contributed by atoms with Gasteiger partial charge in [-0.2, -0.15) is 5.26 Å². The number of rotatable bonds is 8. The molecule has 0 unspecified atom stereocenters. The van der Waals surface area contributed by atoms with Gasteiger partial charge < -0.3 is 20.0 Å². The number of nitriles is 1. The van der Waals surface area contributed by atoms with Gasteiger partial charge in [-0.25, -0.2) is 4.68 Å². The van der Waals surface area contributed by atoms with Gasteiger partial charge in [0.25, 0.3) is 11.8 Å². The molecule has 1 N–H and O–H groups in total. The van der Waals surface area contributed by atoms with Crippen molar-refractivity contribution in [1.29, 1.82) is 5.26 Å². The monoisotopic (exact) mass is 611 g/mol. The number of carbonyl (C=O) groups is 3. The van der Waals surface area contributed by atoms with Crippen molar-refractivity contribution in [2.75, 3.05) is 41.3 Å². The molecule has 236 valence electrons. The van der Waals surface area contributed by atoms with Gasteiger partial charge >= 0.3 is 0 Å². The first kappa shape index (κ1) is 31.8. The maximum absolute atomic E-state index is 13.1. The van der Waals surface area contributed by atoms with Crippen molar-refractivity contribution >= 4 is 17.7 Å². The van der Waals surface area contributed by atoms with E-state index >= 15 is 0 Å². The normalized spacial score (nSPS) is 17.4. The number of carbonyl (C=O) groups excluding carboxylic acids is 3. The second kappa shape index (κ2) is 12.8. The molecule has 1 aliphatic carbocycles. The average molecular weight is 612 g/mol. The number of aromatic nitrogens is 4. The quantitative estimate of drug-likeness (QED) is 0.408. The molecule has 1 saturated heterocycles. The van der Waals surface area contributed by atoms with E-state index in [-0.39, 0.29) is 36.3 Å². The molecule has 1 aromatic heterocycles. The molecule has 0 spiro atoms. The van der Waals surface area contributed by atoms with Gasteiger partial charge in [-0.1, -0.05) is 12.1 Å². The Kier molecular flexibility index (Phi) is 9.02. The SMILES string of the molecule is C[C@@H](CC1(c2nnnn2C)c2ccc(C(=O)N(C)C)cc2CCc2cc(C(=O)N(C)C)ccc21)NCC(=O)N1CCC[C@H]1C#N. The third-order valence-corrected chi connectivity index (χ3v) is 9.04. The van der Waals surface area contributed by atoms with Crippen LogP contribution in [0, 0.1) is 11.3 Å². The fraction of sp³-hybridized carbons (Fsp3) is 0.485. The molecule has 45 heavy (non-hydrogen) atoms. The number of likely N-dealkylation sites (tertiary alicyclic amines) is 1. The Bertz CT molecular complexity index is 1580. The summed E-state index contributed by atoms with van der Waals surface area (Å²) in [6.07, 6.45) is 3.30. The molecule has 0 saturated carbocycles. The van der Waals surface area contributed by atoms with E-state index in [1.807, 2.05) is 50.4 Å². The minimum atomic E-state index is -0.878. The average Bonchev–Trinajstić information content (AvgIpc) is 3.67. The summed E-state index contributed by atoms with van der Waals surface area (Å²) in [5.41, 5.74) is 4.26. The summed E-state index contributed by atoms with van der Waals surface area (Å²) in [6, 6.07) is 13.3. The van der Waals surface area contributed by atoms with Gasteiger partial charge in [0.2, 0.25) is 5.91 Å². The van der Waals surface area contributed by atoms with Gasteiger partial charge in [-0.3, -0.25) is 14.4 Å². The molecule has 3 amide bonds. The summed E-state index contributed by atoms with van der Waals surface area (Å²) in [5, 5.41) is 25.8. The van der Waals surface area contributed by atoms with Crippen LogP contribution < -0.4 is 5.32 Å². The Morgan fingerprint density at radius 2 is 1.60 bits per heavy atom. The largest absolute Gasteiger partial charge is 0.345 e. The molecule has 2 heterocycles. The number of nitrogens with one attached hydrogen (secondary N) is 1. The molecule has 0 bridgehead atoms. The Hall–Kier alpha value is -4.63. The summed E-state index contributed by atoms with van der Waals surface area (Å²) >= 11 is 0. The molecule has 3 aromatic rings. The number of fused-ring (bicyclic) bond motifs is 2. The molecule has 12 nitrogen and oxygen atoms in total. The lowest BCUT2D eigenvalue weighted by Gasteiger charge is -2.37. The summed E-state index contributed by atoms with van der Waals surface area (Å²) in [7, 11) is 8.75. The highest BCUT2D eigenvalue weighted by Crippen LogP contribution is 2.47. The first-order valence-electron chi connectivity index (χ1n) is 15.3. The Labute approximate surface area is 264 Å². The standard InChI is InChI=1S/C33H41N9O3/c1-21(35-20-29(43)42-15-7-8-26(42)19-34)18-33(32-36-37-38-41(32)6)27-13-11-24(30(44)39(2)3)16-22(27)9-10-23-17-25(12-14-28(23)33)31(45)40(4)5/h11-14,16-17,21,26,35H,7-10,15,18,20H2,1-6H3/t21-,26-/m0/s1. The third-order valence-electron chi connectivity index (χ3n) is 9.04. The van der Waals surface area contributed by atoms with Gasteiger partial charge in [-0.05, 0) is 96.0 Å². The highest BCUT2D eigenvalue weighted by molar-refractivity contribution is 5.95. The molecular formula is C33H41N9O3. The second-order valence-electron chi connectivity index (χ2n) is 12.5. The van der Waals surface area contributed by atoms with E-state index in [4.69, 9.17) is 0 Å². The minimum Gasteiger partial charge on any atom is -0.345 e. The Morgan fingerprint density at radius 1 is 1.02 bits per heavy atom. The van der Waals surface area contributed by atoms with Gasteiger partial charge in [0, 0.05) is 59.0 Å². The number of amides is 3. The van der Waals surface area contributed by atoms with Gasteiger partial charge in [-0.15, -0.1) is 5.10 Å². The molecule has 1 aliphatic heterocycles. The highest BCUT2D eigenvalue weighted by Gasteiger charge is 2.46. The molecule has 2 atom stereocenters. The molecule has 5 rings (SSSR count). The Morgan fingerprint density at radius 3 is 2.09 bits per heavy atom. The maximum Gasteiger partial charge on any atom is 0.253 e. The van der Waals surface area contributed by atoms with Crippen molar-refractivity contribution in [1.82, 2.24) is 40.2 Å². The van der Waals surface area contributed by atoms with Crippen LogP contribution in [0.1, 0.15) is 75.0 Å². The van der Waals surface area contributed by atoms with Crippen LogP contribution in [0.25, 0.3) is 0 Å². The topological polar surface area (TPSA) is 140 Å². The van der Waals surface area contributed by atoms with E-state index in [1.165, 1.54) is 0 Å². The van der Waals surface area contributed by atoms with Crippen molar-refractivity contribution < 1.29 is 14.4 Å². The predicted octanol–water partition coefficient (Wildman–Crippen LogP) is 1.93. The zero-order chi connectivity index (χ0) is 32.5. The first-order valence-corrected chi connectivity index (χ1v) is 15.3. The lowest BCUT2D eigenvalue weighted by molar-refractivity contribution is -0.130. The van der Waals surface area contributed by atoms with Crippen LogP contribution in [0.15, 0.2) is 36.4 Å². The van der Waals surface area contributed by atoms with Crippen LogP contribution in [0.2, 0.25) is 0 Å². The summed E-state index contributed by atoms with van der Waals surface area (Å²) in [6.45, 7) is 2.71. The van der Waals surface area contributed by atoms with Crippen molar-refractivity contribution in [3.8, 4) is 6.07 Å². The van der Waals surface area contributed by atoms with E-state index in [0.29, 0.717) is 49.2 Å². The zero-order valence-corrected chi connectivity index (χ0v) is 26.9. The van der Waals surface area contributed by atoms with Crippen LogP contribution in [0.4, 0.5) is 0 Å². The van der Waals surface area contributed by atoms with Gasteiger partial charge in [0.1, 0.15) is 6.04 Å². The van der Waals surface area contributed by atoms with Crippen LogP contribution in [0.3, 0.4) is 0 Å². The number of hydrogen-bond donors (Lipinski definition) is 1. The summed E-state index contributed by atoms with van der Waals surface area (Å²) in [5.74, 6) is 0.348. The summed E-state index contributed by atoms with van der Waals surface area (Å²) in [4.78, 5) is 44.0. The third kappa shape index (κ3) is 5.92. The number of aryl methyl sites for hydroxylation is 3. The van der Waals surface area contributed by atoms with Crippen molar-refractivity contribution in [3.63, 3.8) is 0 Å². The lowest BCUT2D eigenvalue weighted by atomic mass is 9.67. The van der Waals surface area contributed by atoms with Crippen molar-refractivity contribution in [3.05, 3.63) is 75.6 Å². The first-order chi connectivity index (χ1) is 21.5. The fourth-order valence-corrected chi connectivity index (χ4v) is 6.87. The lowest BCUT2D eigenvalue weighted by Crippen LogP contribution is -2.46. The predicted molar refractivity (Wildman–Crippen MR) is 167 cm³/mol. The number of tetrazole rings is 1. The highest BCUT2D eigenvalue weighted by atomic mass is 16.2. The molecular weight excluding hydrogens is 570 g/mol. The zero-order valence-electron chi connectivity index (χ0n) is 26.9. The van der Waals surface area contributed by atoms with Crippen LogP contribution in [-0.2, 0) is 30.1 Å². The number of benzene rings is 2. The molecule has 1 fully saturated rings. The fourth-order valence-electron chi connectivity index (χ4n) is 6.87. The smallest absolute Gasteiger partial charge is 0.253 e. The number of hydrogen-bond acceptors (Lipinski definition) is 8. The Balaban J connectivity index is 1.64. The second-order valence-corrected chi connectivity index (χ2v) is 12.5. The van der Waals surface area contributed by atoms with Crippen LogP contribution in [0.5, 0.6) is 0 Å². The van der Waals surface area contributed by atoms with E-state index in [0.717, 1.165) is 28.7 Å². The summed E-state index contributed by atoms with van der Waals surface area (Å²) < 4.78 is 1.68. The molecule has 12 heteroatoms. The van der Waals surface area contributed by atoms with Gasteiger partial charge in [0.15, 0.2) is 5.82 Å². The maximum atomic E-state index is 13.1. The van der Waals surface area contributed by atoms with E-state index < -0.39 is 5.41 Å².